The fourth-order valence-corrected chi connectivity index (χ4v) is 3.24. The van der Waals surface area contributed by atoms with E-state index in [1.54, 1.807) is 42.5 Å². The summed E-state index contributed by atoms with van der Waals surface area (Å²) >= 11 is 0. The number of ether oxygens (including phenoxy) is 3. The van der Waals surface area contributed by atoms with Crippen LogP contribution >= 0.6 is 0 Å². The van der Waals surface area contributed by atoms with Crippen molar-refractivity contribution in [3.63, 3.8) is 0 Å². The second kappa shape index (κ2) is 7.80. The Labute approximate surface area is 166 Å². The molecule has 2 aromatic carbocycles. The molecule has 0 aliphatic carbocycles. The molecule has 0 aromatic heterocycles. The quantitative estimate of drug-likeness (QED) is 0.573. The predicted molar refractivity (Wildman–Crippen MR) is 102 cm³/mol. The highest BCUT2D eigenvalue weighted by molar-refractivity contribution is 6.22. The molecule has 3 amide bonds. The normalized spacial score (nSPS) is 18.0. The molecule has 1 atom stereocenters. The van der Waals surface area contributed by atoms with Gasteiger partial charge < -0.3 is 14.2 Å². The van der Waals surface area contributed by atoms with E-state index in [2.05, 4.69) is 10.9 Å². The molecule has 0 saturated carbocycles. The number of fused-ring (bicyclic) bond motifs is 1. The second-order valence-electron chi connectivity index (χ2n) is 6.45. The Bertz CT molecular complexity index is 976. The zero-order valence-corrected chi connectivity index (χ0v) is 15.6. The number of hydrazine groups is 1. The maximum absolute atomic E-state index is 12.8. The van der Waals surface area contributed by atoms with Gasteiger partial charge in [0.25, 0.3) is 11.8 Å². The van der Waals surface area contributed by atoms with Gasteiger partial charge in [0.1, 0.15) is 25.0 Å². The summed E-state index contributed by atoms with van der Waals surface area (Å²) in [5.74, 6) is 0.134. The van der Waals surface area contributed by atoms with Gasteiger partial charge in [-0.1, -0.05) is 12.1 Å². The number of nitrogens with one attached hydrogen (secondary N) is 2. The monoisotopic (exact) mass is 397 g/mol. The van der Waals surface area contributed by atoms with Gasteiger partial charge in [0.2, 0.25) is 5.91 Å². The number of nitrogens with zero attached hydrogens (tertiary/aromatic N) is 1. The molecule has 1 fully saturated rings. The summed E-state index contributed by atoms with van der Waals surface area (Å²) in [6.45, 7) is 0.851. The van der Waals surface area contributed by atoms with Gasteiger partial charge in [-0.3, -0.25) is 19.8 Å². The summed E-state index contributed by atoms with van der Waals surface area (Å²) in [6, 6.07) is 10.7. The van der Waals surface area contributed by atoms with Crippen LogP contribution in [0, 0.1) is 0 Å². The van der Waals surface area contributed by atoms with E-state index >= 15 is 0 Å². The average Bonchev–Trinajstić information content (AvgIpc) is 3.04. The summed E-state index contributed by atoms with van der Waals surface area (Å²) in [7, 11) is 1.46. The van der Waals surface area contributed by atoms with E-state index in [0.29, 0.717) is 41.7 Å². The van der Waals surface area contributed by atoms with E-state index in [1.165, 1.54) is 7.11 Å². The van der Waals surface area contributed by atoms with Crippen molar-refractivity contribution >= 4 is 23.4 Å². The number of carbonyl (C=O) groups excluding carboxylic acids is 3. The summed E-state index contributed by atoms with van der Waals surface area (Å²) in [5, 5.41) is 0. The van der Waals surface area contributed by atoms with Crippen LogP contribution in [-0.2, 0) is 9.59 Å². The van der Waals surface area contributed by atoms with Crippen molar-refractivity contribution in [3.8, 4) is 17.2 Å². The summed E-state index contributed by atoms with van der Waals surface area (Å²) in [6.07, 6.45) is -0.0838. The number of benzene rings is 2. The van der Waals surface area contributed by atoms with Crippen molar-refractivity contribution < 1.29 is 28.6 Å². The van der Waals surface area contributed by atoms with Crippen LogP contribution in [-0.4, -0.2) is 44.1 Å². The van der Waals surface area contributed by atoms with E-state index in [9.17, 15) is 14.4 Å². The standard InChI is InChI=1S/C20H19N3O6/c1-27-15-5-3-2-4-13(15)19(25)22-21-14-11-18(24)23(20(14)26)12-6-7-16-17(10-12)29-9-8-28-16/h2-7,10,14,21H,8-9,11H2,1H3,(H,22,25)/t14-/m1/s1. The Kier molecular flexibility index (Phi) is 5.05. The van der Waals surface area contributed by atoms with Crippen LogP contribution in [0.2, 0.25) is 0 Å². The minimum atomic E-state index is -0.880. The van der Waals surface area contributed by atoms with Crippen molar-refractivity contribution in [2.75, 3.05) is 25.2 Å². The predicted octanol–water partition coefficient (Wildman–Crippen LogP) is 1.03. The molecule has 9 heteroatoms. The Morgan fingerprint density at radius 2 is 1.86 bits per heavy atom. The number of carbonyl (C=O) groups is 3. The highest BCUT2D eigenvalue weighted by Crippen LogP contribution is 2.35. The van der Waals surface area contributed by atoms with Crippen LogP contribution in [0.15, 0.2) is 42.5 Å². The number of anilines is 1. The number of para-hydroxylation sites is 1. The van der Waals surface area contributed by atoms with Crippen LogP contribution in [0.25, 0.3) is 0 Å². The van der Waals surface area contributed by atoms with Gasteiger partial charge in [0.05, 0.1) is 24.8 Å². The Balaban J connectivity index is 1.45. The number of imide groups is 1. The highest BCUT2D eigenvalue weighted by atomic mass is 16.6. The first-order valence-electron chi connectivity index (χ1n) is 9.04. The first kappa shape index (κ1) is 18.8. The van der Waals surface area contributed by atoms with Gasteiger partial charge in [-0.25, -0.2) is 10.3 Å². The van der Waals surface area contributed by atoms with Crippen molar-refractivity contribution in [1.29, 1.82) is 0 Å². The molecule has 0 bridgehead atoms. The van der Waals surface area contributed by atoms with Crippen molar-refractivity contribution in [1.82, 2.24) is 10.9 Å². The van der Waals surface area contributed by atoms with Gasteiger partial charge in [0, 0.05) is 6.07 Å². The van der Waals surface area contributed by atoms with Gasteiger partial charge >= 0.3 is 0 Å². The third-order valence-electron chi connectivity index (χ3n) is 4.64. The molecule has 0 unspecified atom stereocenters. The van der Waals surface area contributed by atoms with Gasteiger partial charge in [-0.15, -0.1) is 0 Å². The number of hydrogen-bond donors (Lipinski definition) is 2. The van der Waals surface area contributed by atoms with Crippen LogP contribution in [0.5, 0.6) is 17.2 Å². The highest BCUT2D eigenvalue weighted by Gasteiger charge is 2.40. The SMILES string of the molecule is COc1ccccc1C(=O)NN[C@@H]1CC(=O)N(c2ccc3c(c2)OCCO3)C1=O. The van der Waals surface area contributed by atoms with Crippen LogP contribution < -0.4 is 30.0 Å². The molecule has 150 valence electrons. The molecule has 0 radical (unpaired) electrons. The number of methoxy groups -OCH3 is 1. The maximum Gasteiger partial charge on any atom is 0.269 e. The molecule has 2 aromatic rings. The van der Waals surface area contributed by atoms with Gasteiger partial charge in [-0.05, 0) is 24.3 Å². The maximum atomic E-state index is 12.8. The smallest absolute Gasteiger partial charge is 0.269 e. The first-order valence-corrected chi connectivity index (χ1v) is 9.04. The van der Waals surface area contributed by atoms with Crippen molar-refractivity contribution in [2.24, 2.45) is 0 Å². The zero-order valence-electron chi connectivity index (χ0n) is 15.6. The summed E-state index contributed by atoms with van der Waals surface area (Å²) < 4.78 is 16.1. The fraction of sp³-hybridized carbons (Fsp3) is 0.250. The minimum absolute atomic E-state index is 0.0838. The number of amides is 3. The summed E-state index contributed by atoms with van der Waals surface area (Å²) in [5.41, 5.74) is 5.83. The Hall–Kier alpha value is -3.59. The molecule has 9 nitrogen and oxygen atoms in total. The average molecular weight is 397 g/mol. The van der Waals surface area contributed by atoms with Gasteiger partial charge in [-0.2, -0.15) is 0 Å². The number of hydrogen-bond acceptors (Lipinski definition) is 7. The molecule has 2 heterocycles. The van der Waals surface area contributed by atoms with E-state index < -0.39 is 17.9 Å². The van der Waals surface area contributed by atoms with E-state index in [0.717, 1.165) is 4.90 Å². The molecule has 4 rings (SSSR count). The molecular formula is C20H19N3O6. The lowest BCUT2D eigenvalue weighted by atomic mass is 10.2. The molecule has 29 heavy (non-hydrogen) atoms. The minimum Gasteiger partial charge on any atom is -0.496 e. The third kappa shape index (κ3) is 3.59. The zero-order chi connectivity index (χ0) is 20.4. The van der Waals surface area contributed by atoms with Crippen molar-refractivity contribution in [3.05, 3.63) is 48.0 Å². The summed E-state index contributed by atoms with van der Waals surface area (Å²) in [4.78, 5) is 38.7. The van der Waals surface area contributed by atoms with E-state index in [4.69, 9.17) is 14.2 Å². The van der Waals surface area contributed by atoms with E-state index in [1.807, 2.05) is 0 Å². The second-order valence-corrected chi connectivity index (χ2v) is 6.45. The lowest BCUT2D eigenvalue weighted by Gasteiger charge is -2.21. The fourth-order valence-electron chi connectivity index (χ4n) is 3.24. The lowest BCUT2D eigenvalue weighted by molar-refractivity contribution is -0.121. The van der Waals surface area contributed by atoms with Crippen LogP contribution in [0.1, 0.15) is 16.8 Å². The lowest BCUT2D eigenvalue weighted by Crippen LogP contribution is -2.48. The molecule has 2 aliphatic heterocycles. The first-order chi connectivity index (χ1) is 14.1. The topological polar surface area (TPSA) is 106 Å². The van der Waals surface area contributed by atoms with Gasteiger partial charge in [0.15, 0.2) is 11.5 Å². The van der Waals surface area contributed by atoms with E-state index in [-0.39, 0.29) is 12.3 Å². The Morgan fingerprint density at radius 1 is 1.10 bits per heavy atom. The Morgan fingerprint density at radius 3 is 2.66 bits per heavy atom. The van der Waals surface area contributed by atoms with Crippen LogP contribution in [0.4, 0.5) is 5.69 Å². The molecule has 0 spiro atoms. The van der Waals surface area contributed by atoms with Crippen molar-refractivity contribution in [2.45, 2.75) is 12.5 Å². The van der Waals surface area contributed by atoms with Crippen LogP contribution in [0.3, 0.4) is 0 Å². The molecule has 2 aliphatic rings. The molecule has 1 saturated heterocycles. The molecular weight excluding hydrogens is 378 g/mol. The molecule has 2 N–H and O–H groups in total. The largest absolute Gasteiger partial charge is 0.496 e. The third-order valence-corrected chi connectivity index (χ3v) is 4.64. The number of rotatable bonds is 5.